The normalized spacial score (nSPS) is 11.6. The lowest BCUT2D eigenvalue weighted by molar-refractivity contribution is -0.0888. The molecule has 1 aromatic heterocycles. The van der Waals surface area contributed by atoms with E-state index in [-0.39, 0.29) is 0 Å². The van der Waals surface area contributed by atoms with Gasteiger partial charge >= 0.3 is 6.18 Å². The highest BCUT2D eigenvalue weighted by atomic mass is 35.5. The fourth-order valence-electron chi connectivity index (χ4n) is 1.60. The molecule has 0 aliphatic heterocycles. The number of aryl methyl sites for hydroxylation is 1. The van der Waals surface area contributed by atoms with Crippen molar-refractivity contribution in [3.63, 3.8) is 0 Å². The number of para-hydroxylation sites is 1. The molecule has 0 N–H and O–H groups in total. The van der Waals surface area contributed by atoms with E-state index in [1.54, 1.807) is 31.2 Å². The number of rotatable bonds is 2. The van der Waals surface area contributed by atoms with Gasteiger partial charge in [0.2, 0.25) is 0 Å². The largest absolute Gasteiger partial charge is 0.456 e. The minimum absolute atomic E-state index is 0.333. The minimum Gasteiger partial charge on any atom is -0.282 e. The van der Waals surface area contributed by atoms with Gasteiger partial charge in [0.05, 0.1) is 10.7 Å². The van der Waals surface area contributed by atoms with E-state index in [1.807, 2.05) is 0 Å². The first-order valence-electron chi connectivity index (χ1n) is 5.24. The van der Waals surface area contributed by atoms with Gasteiger partial charge in [-0.3, -0.25) is 4.79 Å². The van der Waals surface area contributed by atoms with Crippen LogP contribution in [0.2, 0.25) is 5.02 Å². The van der Waals surface area contributed by atoms with E-state index in [4.69, 9.17) is 11.6 Å². The first-order chi connectivity index (χ1) is 8.80. The number of alkyl halides is 3. The van der Waals surface area contributed by atoms with Gasteiger partial charge in [-0.1, -0.05) is 23.7 Å². The molecule has 3 nitrogen and oxygen atoms in total. The molecule has 0 spiro atoms. The Hall–Kier alpha value is -1.82. The molecule has 0 aliphatic carbocycles. The molecule has 0 saturated carbocycles. The lowest BCUT2D eigenvalue weighted by Gasteiger charge is -2.06. The fraction of sp³-hybridized carbons (Fsp3) is 0.167. The van der Waals surface area contributed by atoms with Crippen LogP contribution in [0.15, 0.2) is 30.3 Å². The van der Waals surface area contributed by atoms with E-state index >= 15 is 0 Å². The fourth-order valence-corrected chi connectivity index (χ4v) is 1.81. The summed E-state index contributed by atoms with van der Waals surface area (Å²) in [6, 6.07) is 7.63. The standard InChI is InChI=1S/C12H8ClF3N2O/c1-7-6-9(11(19)12(14,15)16)17-18(7)10-5-3-2-4-8(10)13/h2-6H,1H3. The molecule has 2 rings (SSSR count). The molecule has 0 amide bonds. The molecule has 0 fully saturated rings. The van der Waals surface area contributed by atoms with E-state index in [1.165, 1.54) is 4.68 Å². The molecule has 0 aliphatic rings. The second-order valence-electron chi connectivity index (χ2n) is 3.86. The van der Waals surface area contributed by atoms with Gasteiger partial charge in [-0.2, -0.15) is 18.3 Å². The number of benzene rings is 1. The maximum Gasteiger partial charge on any atom is 0.456 e. The van der Waals surface area contributed by atoms with Crippen LogP contribution in [0.5, 0.6) is 0 Å². The van der Waals surface area contributed by atoms with Crippen molar-refractivity contribution >= 4 is 17.4 Å². The lowest BCUT2D eigenvalue weighted by atomic mass is 10.2. The number of aromatic nitrogens is 2. The minimum atomic E-state index is -4.94. The Morgan fingerprint density at radius 1 is 1.32 bits per heavy atom. The van der Waals surface area contributed by atoms with Gasteiger partial charge in [-0.15, -0.1) is 0 Å². The molecule has 7 heteroatoms. The third kappa shape index (κ3) is 2.63. The van der Waals surface area contributed by atoms with Crippen LogP contribution in [0, 0.1) is 6.92 Å². The van der Waals surface area contributed by atoms with Crippen LogP contribution < -0.4 is 0 Å². The number of hydrogen-bond acceptors (Lipinski definition) is 2. The van der Waals surface area contributed by atoms with E-state index in [2.05, 4.69) is 5.10 Å². The summed E-state index contributed by atoms with van der Waals surface area (Å²) in [7, 11) is 0. The SMILES string of the molecule is Cc1cc(C(=O)C(F)(F)F)nn1-c1ccccc1Cl. The lowest BCUT2D eigenvalue weighted by Crippen LogP contribution is -2.23. The molecule has 100 valence electrons. The van der Waals surface area contributed by atoms with Crippen LogP contribution in [-0.2, 0) is 0 Å². The number of Topliss-reactive ketones (excluding diaryl/α,β-unsaturated/α-hetero) is 1. The summed E-state index contributed by atoms with van der Waals surface area (Å²) in [5.74, 6) is -1.97. The van der Waals surface area contributed by atoms with E-state index in [0.717, 1.165) is 6.07 Å². The number of carbonyl (C=O) groups excluding carboxylic acids is 1. The Bertz CT molecular complexity index is 634. The summed E-state index contributed by atoms with van der Waals surface area (Å²) in [6.45, 7) is 1.55. The molecule has 0 radical (unpaired) electrons. The zero-order chi connectivity index (χ0) is 14.2. The Morgan fingerprint density at radius 2 is 1.95 bits per heavy atom. The Morgan fingerprint density at radius 3 is 2.53 bits per heavy atom. The van der Waals surface area contributed by atoms with Crippen molar-refractivity contribution in [1.82, 2.24) is 9.78 Å². The van der Waals surface area contributed by atoms with Gasteiger partial charge in [0, 0.05) is 5.69 Å². The molecule has 1 heterocycles. The Kier molecular flexibility index (Phi) is 3.36. The maximum absolute atomic E-state index is 12.3. The molecule has 0 bridgehead atoms. The average molecular weight is 289 g/mol. The highest BCUT2D eigenvalue weighted by molar-refractivity contribution is 6.32. The summed E-state index contributed by atoms with van der Waals surface area (Å²) >= 11 is 5.94. The van der Waals surface area contributed by atoms with Crippen LogP contribution in [-0.4, -0.2) is 21.7 Å². The Labute approximate surface area is 111 Å². The summed E-state index contributed by atoms with van der Waals surface area (Å²) < 4.78 is 38.2. The summed E-state index contributed by atoms with van der Waals surface area (Å²) in [5.41, 5.74) is 0.161. The summed E-state index contributed by atoms with van der Waals surface area (Å²) in [4.78, 5) is 11.1. The predicted octanol–water partition coefficient (Wildman–Crippen LogP) is 3.58. The zero-order valence-corrected chi connectivity index (χ0v) is 10.5. The van der Waals surface area contributed by atoms with Crippen molar-refractivity contribution in [2.75, 3.05) is 0 Å². The van der Waals surface area contributed by atoms with Crippen LogP contribution >= 0.6 is 11.6 Å². The first-order valence-corrected chi connectivity index (χ1v) is 5.61. The topological polar surface area (TPSA) is 34.9 Å². The molecule has 19 heavy (non-hydrogen) atoms. The number of ketones is 1. The summed E-state index contributed by atoms with van der Waals surface area (Å²) in [6.07, 6.45) is -4.94. The van der Waals surface area contributed by atoms with Gasteiger partial charge in [-0.05, 0) is 25.1 Å². The van der Waals surface area contributed by atoms with Crippen molar-refractivity contribution in [1.29, 1.82) is 0 Å². The first kappa shape index (κ1) is 13.6. The van der Waals surface area contributed by atoms with Crippen LogP contribution in [0.4, 0.5) is 13.2 Å². The average Bonchev–Trinajstić information content (AvgIpc) is 2.69. The van der Waals surface area contributed by atoms with E-state index in [9.17, 15) is 18.0 Å². The quantitative estimate of drug-likeness (QED) is 0.792. The molecule has 1 aromatic carbocycles. The second-order valence-corrected chi connectivity index (χ2v) is 4.27. The van der Waals surface area contributed by atoms with Gasteiger partial charge in [0.25, 0.3) is 5.78 Å². The van der Waals surface area contributed by atoms with Crippen molar-refractivity contribution in [3.05, 3.63) is 46.7 Å². The van der Waals surface area contributed by atoms with Gasteiger partial charge < -0.3 is 0 Å². The maximum atomic E-state index is 12.3. The van der Waals surface area contributed by atoms with Gasteiger partial charge in [0.15, 0.2) is 0 Å². The van der Waals surface area contributed by atoms with E-state index < -0.39 is 17.7 Å². The van der Waals surface area contributed by atoms with Crippen LogP contribution in [0.25, 0.3) is 5.69 Å². The number of carbonyl (C=O) groups is 1. The van der Waals surface area contributed by atoms with Crippen molar-refractivity contribution in [3.8, 4) is 5.69 Å². The van der Waals surface area contributed by atoms with E-state index in [0.29, 0.717) is 16.4 Å². The highest BCUT2D eigenvalue weighted by Crippen LogP contribution is 2.24. The zero-order valence-electron chi connectivity index (χ0n) is 9.70. The van der Waals surface area contributed by atoms with Crippen molar-refractivity contribution in [2.24, 2.45) is 0 Å². The van der Waals surface area contributed by atoms with Crippen molar-refractivity contribution in [2.45, 2.75) is 13.1 Å². The van der Waals surface area contributed by atoms with Crippen LogP contribution in [0.3, 0.4) is 0 Å². The Balaban J connectivity index is 2.49. The smallest absolute Gasteiger partial charge is 0.282 e. The molecule has 2 aromatic rings. The molecule has 0 saturated heterocycles. The third-order valence-electron chi connectivity index (χ3n) is 2.46. The number of hydrogen-bond donors (Lipinski definition) is 0. The monoisotopic (exact) mass is 288 g/mol. The molecular weight excluding hydrogens is 281 g/mol. The molecule has 0 unspecified atom stereocenters. The predicted molar refractivity (Wildman–Crippen MR) is 63.7 cm³/mol. The number of nitrogens with zero attached hydrogens (tertiary/aromatic N) is 2. The molecule has 0 atom stereocenters. The van der Waals surface area contributed by atoms with Crippen molar-refractivity contribution < 1.29 is 18.0 Å². The van der Waals surface area contributed by atoms with Gasteiger partial charge in [0.1, 0.15) is 5.69 Å². The third-order valence-corrected chi connectivity index (χ3v) is 2.78. The summed E-state index contributed by atoms with van der Waals surface area (Å²) in [5, 5.41) is 4.00. The number of halogens is 4. The second kappa shape index (κ2) is 4.70. The van der Waals surface area contributed by atoms with Gasteiger partial charge in [-0.25, -0.2) is 4.68 Å². The van der Waals surface area contributed by atoms with Crippen LogP contribution in [0.1, 0.15) is 16.2 Å². The molecular formula is C12H8ClF3N2O. The highest BCUT2D eigenvalue weighted by Gasteiger charge is 2.41.